The average Bonchev–Trinajstić information content (AvgIpc) is 3.05. The molecular weight excluding hydrogens is 304 g/mol. The molecule has 5 heteroatoms. The Kier molecular flexibility index (Phi) is 4.43. The third-order valence-corrected chi connectivity index (χ3v) is 3.49. The number of aromatic hydroxyl groups is 1. The van der Waals surface area contributed by atoms with E-state index in [1.165, 1.54) is 11.8 Å². The van der Waals surface area contributed by atoms with Crippen molar-refractivity contribution in [2.24, 2.45) is 0 Å². The van der Waals surface area contributed by atoms with Crippen LogP contribution in [0, 0.1) is 0 Å². The molecule has 1 aromatic heterocycles. The zero-order valence-corrected chi connectivity index (χ0v) is 13.1. The molecule has 1 N–H and O–H groups in total. The van der Waals surface area contributed by atoms with E-state index in [1.807, 2.05) is 42.5 Å². The fourth-order valence-corrected chi connectivity index (χ4v) is 2.29. The summed E-state index contributed by atoms with van der Waals surface area (Å²) in [5.41, 5.74) is 3.02. The number of phenolic OH excluding ortho intramolecular Hbond substituents is 1. The molecule has 0 radical (unpaired) electrons. The topological polar surface area (TPSA) is 64.4 Å². The SMILES string of the molecule is COC(=O)n1nc(/C=C/c2ccccc2)cc1-c1ccc(O)cc1. The monoisotopic (exact) mass is 320 g/mol. The Labute approximate surface area is 139 Å². The largest absolute Gasteiger partial charge is 0.508 e. The highest BCUT2D eigenvalue weighted by molar-refractivity contribution is 5.79. The van der Waals surface area contributed by atoms with Crippen LogP contribution < -0.4 is 0 Å². The third-order valence-electron chi connectivity index (χ3n) is 3.49. The summed E-state index contributed by atoms with van der Waals surface area (Å²) in [6, 6.07) is 18.2. The van der Waals surface area contributed by atoms with E-state index in [4.69, 9.17) is 4.74 Å². The predicted octanol–water partition coefficient (Wildman–Crippen LogP) is 4.04. The Morgan fingerprint density at radius 3 is 2.46 bits per heavy atom. The van der Waals surface area contributed by atoms with E-state index < -0.39 is 6.09 Å². The van der Waals surface area contributed by atoms with Gasteiger partial charge in [0.1, 0.15) is 5.75 Å². The lowest BCUT2D eigenvalue weighted by Crippen LogP contribution is -2.14. The first-order chi connectivity index (χ1) is 11.7. The summed E-state index contributed by atoms with van der Waals surface area (Å²) in [4.78, 5) is 12.0. The summed E-state index contributed by atoms with van der Waals surface area (Å²) in [5, 5.41) is 13.7. The van der Waals surface area contributed by atoms with E-state index in [2.05, 4.69) is 5.10 Å². The number of rotatable bonds is 3. The van der Waals surface area contributed by atoms with Crippen LogP contribution in [0.25, 0.3) is 23.4 Å². The Morgan fingerprint density at radius 2 is 1.79 bits per heavy atom. The molecule has 0 saturated carbocycles. The van der Waals surface area contributed by atoms with Gasteiger partial charge in [0.2, 0.25) is 0 Å². The van der Waals surface area contributed by atoms with Crippen molar-refractivity contribution >= 4 is 18.2 Å². The lowest BCUT2D eigenvalue weighted by Gasteiger charge is -2.04. The van der Waals surface area contributed by atoms with Crippen molar-refractivity contribution < 1.29 is 14.6 Å². The molecule has 0 aliphatic rings. The molecule has 0 amide bonds. The lowest BCUT2D eigenvalue weighted by molar-refractivity contribution is 0.169. The van der Waals surface area contributed by atoms with Crippen molar-refractivity contribution in [1.82, 2.24) is 9.78 Å². The molecule has 0 aliphatic carbocycles. The van der Waals surface area contributed by atoms with Crippen LogP contribution in [0.15, 0.2) is 60.7 Å². The first-order valence-electron chi connectivity index (χ1n) is 7.38. The molecule has 1 heterocycles. The summed E-state index contributed by atoms with van der Waals surface area (Å²) in [6.07, 6.45) is 3.18. The van der Waals surface area contributed by atoms with Crippen LogP contribution in [0.5, 0.6) is 5.75 Å². The van der Waals surface area contributed by atoms with Gasteiger partial charge in [0.05, 0.1) is 18.5 Å². The highest BCUT2D eigenvalue weighted by atomic mass is 16.5. The summed E-state index contributed by atoms with van der Waals surface area (Å²) in [5.74, 6) is 0.159. The second-order valence-electron chi connectivity index (χ2n) is 5.13. The van der Waals surface area contributed by atoms with Crippen molar-refractivity contribution in [3.05, 3.63) is 71.9 Å². The Hall–Kier alpha value is -3.34. The molecule has 24 heavy (non-hydrogen) atoms. The van der Waals surface area contributed by atoms with Gasteiger partial charge in [-0.1, -0.05) is 36.4 Å². The van der Waals surface area contributed by atoms with Gasteiger partial charge in [0.25, 0.3) is 0 Å². The molecule has 3 rings (SSSR count). The van der Waals surface area contributed by atoms with E-state index >= 15 is 0 Å². The Morgan fingerprint density at radius 1 is 1.08 bits per heavy atom. The fourth-order valence-electron chi connectivity index (χ4n) is 2.29. The van der Waals surface area contributed by atoms with Crippen LogP contribution in [-0.4, -0.2) is 28.1 Å². The van der Waals surface area contributed by atoms with Crippen molar-refractivity contribution in [3.8, 4) is 17.0 Å². The van der Waals surface area contributed by atoms with Crippen molar-refractivity contribution in [3.63, 3.8) is 0 Å². The maximum atomic E-state index is 12.0. The van der Waals surface area contributed by atoms with Crippen LogP contribution in [0.4, 0.5) is 4.79 Å². The second-order valence-corrected chi connectivity index (χ2v) is 5.13. The minimum atomic E-state index is -0.572. The van der Waals surface area contributed by atoms with Crippen LogP contribution in [0.3, 0.4) is 0 Å². The molecule has 0 unspecified atom stereocenters. The summed E-state index contributed by atoms with van der Waals surface area (Å²) < 4.78 is 5.99. The minimum absolute atomic E-state index is 0.159. The quantitative estimate of drug-likeness (QED) is 0.791. The lowest BCUT2D eigenvalue weighted by atomic mass is 10.1. The van der Waals surface area contributed by atoms with Crippen LogP contribution >= 0.6 is 0 Å². The maximum absolute atomic E-state index is 12.0. The van der Waals surface area contributed by atoms with Gasteiger partial charge in [-0.05, 0) is 42.0 Å². The number of carbonyl (C=O) groups excluding carboxylic acids is 1. The van der Waals surface area contributed by atoms with Gasteiger partial charge in [0.15, 0.2) is 0 Å². The molecule has 0 fully saturated rings. The van der Waals surface area contributed by atoms with Gasteiger partial charge >= 0.3 is 6.09 Å². The number of carbonyl (C=O) groups is 1. The molecular formula is C19H16N2O3. The highest BCUT2D eigenvalue weighted by Gasteiger charge is 2.15. The first kappa shape index (κ1) is 15.6. The van der Waals surface area contributed by atoms with E-state index in [-0.39, 0.29) is 5.75 Å². The fraction of sp³-hybridized carbons (Fsp3) is 0.0526. The van der Waals surface area contributed by atoms with Crippen LogP contribution in [0.2, 0.25) is 0 Å². The molecule has 0 bridgehead atoms. The van der Waals surface area contributed by atoms with Gasteiger partial charge < -0.3 is 9.84 Å². The van der Waals surface area contributed by atoms with Crippen LogP contribution in [-0.2, 0) is 4.74 Å². The summed E-state index contributed by atoms with van der Waals surface area (Å²) in [7, 11) is 1.31. The van der Waals surface area contributed by atoms with Crippen molar-refractivity contribution in [2.75, 3.05) is 7.11 Å². The zero-order valence-electron chi connectivity index (χ0n) is 13.1. The molecule has 2 aromatic carbocycles. The molecule has 5 nitrogen and oxygen atoms in total. The van der Waals surface area contributed by atoms with Gasteiger partial charge in [0, 0.05) is 5.56 Å². The first-order valence-corrected chi connectivity index (χ1v) is 7.38. The highest BCUT2D eigenvalue weighted by Crippen LogP contribution is 2.24. The summed E-state index contributed by atoms with van der Waals surface area (Å²) >= 11 is 0. The zero-order chi connectivity index (χ0) is 16.9. The van der Waals surface area contributed by atoms with Gasteiger partial charge in [-0.25, -0.2) is 4.79 Å². The smallest absolute Gasteiger partial charge is 0.434 e. The van der Waals surface area contributed by atoms with E-state index in [0.717, 1.165) is 11.1 Å². The number of benzene rings is 2. The number of hydrogen-bond donors (Lipinski definition) is 1. The molecule has 0 atom stereocenters. The summed E-state index contributed by atoms with van der Waals surface area (Å²) in [6.45, 7) is 0. The number of methoxy groups -OCH3 is 1. The average molecular weight is 320 g/mol. The predicted molar refractivity (Wildman–Crippen MR) is 92.5 cm³/mol. The number of phenols is 1. The maximum Gasteiger partial charge on any atom is 0.434 e. The molecule has 0 saturated heterocycles. The molecule has 0 aliphatic heterocycles. The van der Waals surface area contributed by atoms with Gasteiger partial charge in [-0.3, -0.25) is 0 Å². The van der Waals surface area contributed by atoms with Crippen molar-refractivity contribution in [2.45, 2.75) is 0 Å². The molecule has 0 spiro atoms. The van der Waals surface area contributed by atoms with Crippen LogP contribution in [0.1, 0.15) is 11.3 Å². The minimum Gasteiger partial charge on any atom is -0.508 e. The van der Waals surface area contributed by atoms with Gasteiger partial charge in [-0.2, -0.15) is 9.78 Å². The number of hydrogen-bond acceptors (Lipinski definition) is 4. The van der Waals surface area contributed by atoms with Gasteiger partial charge in [-0.15, -0.1) is 0 Å². The Balaban J connectivity index is 1.99. The number of ether oxygens (including phenoxy) is 1. The van der Waals surface area contributed by atoms with E-state index in [1.54, 1.807) is 30.3 Å². The number of nitrogens with zero attached hydrogens (tertiary/aromatic N) is 2. The van der Waals surface area contributed by atoms with E-state index in [9.17, 15) is 9.90 Å². The van der Waals surface area contributed by atoms with Crippen molar-refractivity contribution in [1.29, 1.82) is 0 Å². The number of aromatic nitrogens is 2. The second kappa shape index (κ2) is 6.83. The van der Waals surface area contributed by atoms with E-state index in [0.29, 0.717) is 11.4 Å². The Bertz CT molecular complexity index is 865. The molecule has 120 valence electrons. The normalized spacial score (nSPS) is 10.9. The standard InChI is InChI=1S/C19H16N2O3/c1-24-19(23)21-18(15-8-11-17(22)12-9-15)13-16(20-21)10-7-14-5-3-2-4-6-14/h2-13,22H,1H3/b10-7+. The third kappa shape index (κ3) is 3.35. The molecule has 3 aromatic rings.